The van der Waals surface area contributed by atoms with Crippen molar-refractivity contribution in [3.8, 4) is 0 Å². The van der Waals surface area contributed by atoms with Crippen LogP contribution in [0.2, 0.25) is 0 Å². The van der Waals surface area contributed by atoms with Crippen LogP contribution in [0.15, 0.2) is 36.1 Å². The molecule has 2 unspecified atom stereocenters. The van der Waals surface area contributed by atoms with Gasteiger partial charge in [-0.3, -0.25) is 9.59 Å². The van der Waals surface area contributed by atoms with Crippen molar-refractivity contribution in [2.45, 2.75) is 46.7 Å². The summed E-state index contributed by atoms with van der Waals surface area (Å²) in [4.78, 5) is 23.6. The van der Waals surface area contributed by atoms with Crippen LogP contribution in [-0.2, 0) is 14.3 Å². The SMILES string of the molecule is C=C/C(C)=C(/OCC(C)NC(=O)CNC(=O)C(N)C(C)C)C(=C)C. The zero-order valence-electron chi connectivity index (χ0n) is 15.4. The quantitative estimate of drug-likeness (QED) is 0.417. The molecule has 0 aliphatic heterocycles. The first-order chi connectivity index (χ1) is 11.1. The lowest BCUT2D eigenvalue weighted by Gasteiger charge is -2.19. The third-order valence-corrected chi connectivity index (χ3v) is 3.38. The monoisotopic (exact) mass is 337 g/mol. The van der Waals surface area contributed by atoms with Crippen LogP contribution in [0.3, 0.4) is 0 Å². The Morgan fingerprint density at radius 3 is 2.29 bits per heavy atom. The van der Waals surface area contributed by atoms with Crippen LogP contribution in [-0.4, -0.2) is 37.0 Å². The highest BCUT2D eigenvalue weighted by Gasteiger charge is 2.18. The minimum Gasteiger partial charge on any atom is -0.491 e. The van der Waals surface area contributed by atoms with Crippen molar-refractivity contribution in [2.24, 2.45) is 11.7 Å². The molecular formula is C18H31N3O3. The van der Waals surface area contributed by atoms with E-state index >= 15 is 0 Å². The van der Waals surface area contributed by atoms with E-state index in [1.807, 2.05) is 34.6 Å². The molecule has 4 N–H and O–H groups in total. The van der Waals surface area contributed by atoms with E-state index in [0.717, 1.165) is 11.1 Å². The molecule has 0 fully saturated rings. The fraction of sp³-hybridized carbons (Fsp3) is 0.556. The number of nitrogens with one attached hydrogen (secondary N) is 2. The van der Waals surface area contributed by atoms with E-state index in [9.17, 15) is 9.59 Å². The molecule has 0 saturated heterocycles. The number of rotatable bonds is 10. The molecule has 0 radical (unpaired) electrons. The van der Waals surface area contributed by atoms with Gasteiger partial charge in [-0.1, -0.05) is 33.1 Å². The second-order valence-electron chi connectivity index (χ2n) is 6.26. The number of hydrogen-bond acceptors (Lipinski definition) is 4. The van der Waals surface area contributed by atoms with Gasteiger partial charge < -0.3 is 21.1 Å². The Hall–Kier alpha value is -2.08. The highest BCUT2D eigenvalue weighted by Crippen LogP contribution is 2.15. The van der Waals surface area contributed by atoms with Crippen molar-refractivity contribution >= 4 is 11.8 Å². The molecule has 2 amide bonds. The molecule has 0 spiro atoms. The molecule has 136 valence electrons. The topological polar surface area (TPSA) is 93.5 Å². The maximum absolute atomic E-state index is 11.9. The third kappa shape index (κ3) is 7.97. The molecule has 2 atom stereocenters. The van der Waals surface area contributed by atoms with E-state index in [0.29, 0.717) is 12.4 Å². The number of carbonyl (C=O) groups is 2. The minimum atomic E-state index is -0.622. The summed E-state index contributed by atoms with van der Waals surface area (Å²) < 4.78 is 5.70. The third-order valence-electron chi connectivity index (χ3n) is 3.38. The van der Waals surface area contributed by atoms with E-state index in [4.69, 9.17) is 10.5 Å². The smallest absolute Gasteiger partial charge is 0.239 e. The second-order valence-corrected chi connectivity index (χ2v) is 6.26. The van der Waals surface area contributed by atoms with Crippen LogP contribution in [0.5, 0.6) is 0 Å². The normalized spacial score (nSPS) is 14.3. The van der Waals surface area contributed by atoms with Crippen molar-refractivity contribution in [3.05, 3.63) is 36.1 Å². The summed E-state index contributed by atoms with van der Waals surface area (Å²) in [5, 5.41) is 5.28. The van der Waals surface area contributed by atoms with Gasteiger partial charge in [-0.05, 0) is 37.8 Å². The van der Waals surface area contributed by atoms with E-state index in [1.165, 1.54) is 0 Å². The molecule has 6 heteroatoms. The first-order valence-electron chi connectivity index (χ1n) is 8.04. The standard InChI is InChI=1S/C18H31N3O3/c1-8-13(6)17(12(4)5)24-10-14(7)21-15(22)9-20-18(23)16(19)11(2)3/h8,11,14,16H,1,4,9-10,19H2,2-3,5-7H3,(H,20,23)(H,21,22)/b17-13+. The number of hydrogen-bond donors (Lipinski definition) is 3. The Kier molecular flexibility index (Phi) is 9.73. The van der Waals surface area contributed by atoms with Gasteiger partial charge in [-0.25, -0.2) is 0 Å². The Bertz CT molecular complexity index is 510. The maximum Gasteiger partial charge on any atom is 0.239 e. The molecule has 0 aliphatic rings. The largest absolute Gasteiger partial charge is 0.491 e. The predicted octanol–water partition coefficient (Wildman–Crippen LogP) is 1.64. The summed E-state index contributed by atoms with van der Waals surface area (Å²) in [6, 6.07) is -0.844. The van der Waals surface area contributed by atoms with Gasteiger partial charge in [0.2, 0.25) is 11.8 Å². The van der Waals surface area contributed by atoms with Gasteiger partial charge in [-0.2, -0.15) is 0 Å². The zero-order chi connectivity index (χ0) is 18.9. The van der Waals surface area contributed by atoms with Crippen molar-refractivity contribution in [1.82, 2.24) is 10.6 Å². The van der Waals surface area contributed by atoms with Crippen molar-refractivity contribution < 1.29 is 14.3 Å². The Labute approximate surface area is 145 Å². The lowest BCUT2D eigenvalue weighted by atomic mass is 10.1. The fourth-order valence-electron chi connectivity index (χ4n) is 1.83. The lowest BCUT2D eigenvalue weighted by molar-refractivity contribution is -0.127. The van der Waals surface area contributed by atoms with Crippen LogP contribution in [0.4, 0.5) is 0 Å². The molecule has 0 aliphatic carbocycles. The summed E-state index contributed by atoms with van der Waals surface area (Å²) in [5.74, 6) is 0.0537. The number of nitrogens with two attached hydrogens (primary N) is 1. The highest BCUT2D eigenvalue weighted by molar-refractivity contribution is 5.87. The van der Waals surface area contributed by atoms with E-state index in [-0.39, 0.29) is 30.3 Å². The molecule has 0 rings (SSSR count). The average Bonchev–Trinajstić information content (AvgIpc) is 2.50. The van der Waals surface area contributed by atoms with Crippen LogP contribution in [0, 0.1) is 5.92 Å². The van der Waals surface area contributed by atoms with Gasteiger partial charge in [0.1, 0.15) is 12.4 Å². The molecule has 0 aromatic heterocycles. The summed E-state index contributed by atoms with van der Waals surface area (Å²) in [5.41, 5.74) is 7.39. The van der Waals surface area contributed by atoms with Gasteiger partial charge in [0, 0.05) is 0 Å². The summed E-state index contributed by atoms with van der Waals surface area (Å²) >= 11 is 0. The summed E-state index contributed by atoms with van der Waals surface area (Å²) in [7, 11) is 0. The van der Waals surface area contributed by atoms with E-state index in [1.54, 1.807) is 6.08 Å². The molecule has 0 aromatic carbocycles. The molecule has 24 heavy (non-hydrogen) atoms. The number of amides is 2. The molecule has 0 heterocycles. The van der Waals surface area contributed by atoms with Crippen molar-refractivity contribution in [2.75, 3.05) is 13.2 Å². The average molecular weight is 337 g/mol. The van der Waals surface area contributed by atoms with Crippen LogP contribution in [0.1, 0.15) is 34.6 Å². The van der Waals surface area contributed by atoms with Gasteiger partial charge in [0.25, 0.3) is 0 Å². The second kappa shape index (κ2) is 10.6. The van der Waals surface area contributed by atoms with Crippen LogP contribution in [0.25, 0.3) is 0 Å². The van der Waals surface area contributed by atoms with Crippen LogP contribution < -0.4 is 16.4 Å². The zero-order valence-corrected chi connectivity index (χ0v) is 15.4. The van der Waals surface area contributed by atoms with Gasteiger partial charge >= 0.3 is 0 Å². The van der Waals surface area contributed by atoms with Crippen LogP contribution >= 0.6 is 0 Å². The van der Waals surface area contributed by atoms with Gasteiger partial charge in [0.05, 0.1) is 18.6 Å². The molecule has 0 saturated carbocycles. The summed E-state index contributed by atoms with van der Waals surface area (Å²) in [6.45, 7) is 17.0. The van der Waals surface area contributed by atoms with E-state index < -0.39 is 6.04 Å². The molecular weight excluding hydrogens is 306 g/mol. The van der Waals surface area contributed by atoms with Gasteiger partial charge in [-0.15, -0.1) is 0 Å². The molecule has 6 nitrogen and oxygen atoms in total. The minimum absolute atomic E-state index is 0.0147. The number of allylic oxidation sites excluding steroid dienone is 3. The van der Waals surface area contributed by atoms with Crippen molar-refractivity contribution in [1.29, 1.82) is 0 Å². The van der Waals surface area contributed by atoms with Gasteiger partial charge in [0.15, 0.2) is 0 Å². The number of ether oxygens (including phenoxy) is 1. The highest BCUT2D eigenvalue weighted by atomic mass is 16.5. The molecule has 0 aromatic rings. The van der Waals surface area contributed by atoms with Crippen molar-refractivity contribution in [3.63, 3.8) is 0 Å². The first kappa shape index (κ1) is 21.9. The number of carbonyl (C=O) groups excluding carboxylic acids is 2. The Balaban J connectivity index is 4.35. The Morgan fingerprint density at radius 1 is 1.25 bits per heavy atom. The van der Waals surface area contributed by atoms with E-state index in [2.05, 4.69) is 23.8 Å². The fourth-order valence-corrected chi connectivity index (χ4v) is 1.83. The first-order valence-corrected chi connectivity index (χ1v) is 8.04. The molecule has 0 bridgehead atoms. The maximum atomic E-state index is 11.9. The predicted molar refractivity (Wildman–Crippen MR) is 97.1 cm³/mol. The summed E-state index contributed by atoms with van der Waals surface area (Å²) in [6.07, 6.45) is 1.70. The Morgan fingerprint density at radius 2 is 1.83 bits per heavy atom. The lowest BCUT2D eigenvalue weighted by Crippen LogP contribution is -2.48.